The predicted octanol–water partition coefficient (Wildman–Crippen LogP) is 4.62. The van der Waals surface area contributed by atoms with Crippen molar-refractivity contribution in [2.24, 2.45) is 17.3 Å². The smallest absolute Gasteiger partial charge is 0.00673 e. The molecular weight excluding hydrogens is 224 g/mol. The van der Waals surface area contributed by atoms with Crippen molar-refractivity contribution in [3.63, 3.8) is 0 Å². The lowest BCUT2D eigenvalue weighted by Crippen LogP contribution is -2.30. The molecule has 0 amide bonds. The topological polar surface area (TPSA) is 0 Å². The van der Waals surface area contributed by atoms with E-state index in [2.05, 4.69) is 36.7 Å². The van der Waals surface area contributed by atoms with E-state index in [-0.39, 0.29) is 0 Å². The molecule has 1 fully saturated rings. The molecule has 1 rings (SSSR count). The molecular formula is C12H23Br. The first-order valence-electron chi connectivity index (χ1n) is 5.61. The van der Waals surface area contributed by atoms with E-state index >= 15 is 0 Å². The van der Waals surface area contributed by atoms with Crippen molar-refractivity contribution in [3.8, 4) is 0 Å². The molecule has 1 aliphatic carbocycles. The number of alkyl halides is 1. The van der Waals surface area contributed by atoms with Crippen molar-refractivity contribution < 1.29 is 0 Å². The summed E-state index contributed by atoms with van der Waals surface area (Å²) >= 11 is 3.69. The molecule has 78 valence electrons. The van der Waals surface area contributed by atoms with Crippen molar-refractivity contribution in [1.82, 2.24) is 0 Å². The molecule has 0 spiro atoms. The number of rotatable bonds is 2. The largest absolute Gasteiger partial charge is 0.0925 e. The Balaban J connectivity index is 2.54. The SMILES string of the molecule is CC(C)(C)C(CBr)C1CCCCC1. The second-order valence-electron chi connectivity index (χ2n) is 5.52. The molecule has 0 bridgehead atoms. The van der Waals surface area contributed by atoms with E-state index in [1.54, 1.807) is 0 Å². The van der Waals surface area contributed by atoms with Crippen LogP contribution in [0.25, 0.3) is 0 Å². The van der Waals surface area contributed by atoms with Gasteiger partial charge in [-0.05, 0) is 17.3 Å². The maximum absolute atomic E-state index is 3.69. The summed E-state index contributed by atoms with van der Waals surface area (Å²) in [7, 11) is 0. The Hall–Kier alpha value is 0.480. The first-order chi connectivity index (χ1) is 6.05. The van der Waals surface area contributed by atoms with Crippen molar-refractivity contribution >= 4 is 15.9 Å². The molecule has 1 atom stereocenters. The molecule has 0 heterocycles. The van der Waals surface area contributed by atoms with Crippen LogP contribution in [0.3, 0.4) is 0 Å². The van der Waals surface area contributed by atoms with Gasteiger partial charge in [-0.15, -0.1) is 0 Å². The standard InChI is InChI=1S/C12H23Br/c1-12(2,3)11(9-13)10-7-5-4-6-8-10/h10-11H,4-9H2,1-3H3. The molecule has 0 aromatic carbocycles. The molecule has 1 saturated carbocycles. The Morgan fingerprint density at radius 2 is 1.69 bits per heavy atom. The number of hydrogen-bond donors (Lipinski definition) is 0. The van der Waals surface area contributed by atoms with Crippen LogP contribution in [0.2, 0.25) is 0 Å². The van der Waals surface area contributed by atoms with Gasteiger partial charge < -0.3 is 0 Å². The molecule has 0 N–H and O–H groups in total. The van der Waals surface area contributed by atoms with Gasteiger partial charge in [-0.2, -0.15) is 0 Å². The van der Waals surface area contributed by atoms with Crippen LogP contribution in [0, 0.1) is 17.3 Å². The summed E-state index contributed by atoms with van der Waals surface area (Å²) in [6, 6.07) is 0. The van der Waals surface area contributed by atoms with Crippen LogP contribution in [-0.4, -0.2) is 5.33 Å². The molecule has 1 heteroatoms. The summed E-state index contributed by atoms with van der Waals surface area (Å²) in [5, 5.41) is 1.18. The van der Waals surface area contributed by atoms with Crippen LogP contribution < -0.4 is 0 Å². The molecule has 0 saturated heterocycles. The summed E-state index contributed by atoms with van der Waals surface area (Å²) in [5.41, 5.74) is 0.478. The highest BCUT2D eigenvalue weighted by Gasteiger charge is 2.31. The molecule has 13 heavy (non-hydrogen) atoms. The minimum Gasteiger partial charge on any atom is -0.0925 e. The van der Waals surface area contributed by atoms with Crippen LogP contribution in [-0.2, 0) is 0 Å². The fourth-order valence-corrected chi connectivity index (χ4v) is 4.10. The third-order valence-electron chi connectivity index (χ3n) is 3.50. The molecule has 1 unspecified atom stereocenters. The van der Waals surface area contributed by atoms with E-state index in [0.29, 0.717) is 5.41 Å². The van der Waals surface area contributed by atoms with Crippen molar-refractivity contribution in [2.45, 2.75) is 52.9 Å². The number of hydrogen-bond acceptors (Lipinski definition) is 0. The monoisotopic (exact) mass is 246 g/mol. The Bertz CT molecular complexity index is 140. The van der Waals surface area contributed by atoms with E-state index in [1.807, 2.05) is 0 Å². The van der Waals surface area contributed by atoms with Crippen LogP contribution in [0.15, 0.2) is 0 Å². The summed E-state index contributed by atoms with van der Waals surface area (Å²) < 4.78 is 0. The normalized spacial score (nSPS) is 23.1. The van der Waals surface area contributed by atoms with E-state index in [4.69, 9.17) is 0 Å². The highest BCUT2D eigenvalue weighted by atomic mass is 79.9. The lowest BCUT2D eigenvalue weighted by atomic mass is 9.69. The second-order valence-corrected chi connectivity index (χ2v) is 6.17. The number of halogens is 1. The summed E-state index contributed by atoms with van der Waals surface area (Å²) in [6.45, 7) is 7.15. The van der Waals surface area contributed by atoms with E-state index in [0.717, 1.165) is 11.8 Å². The van der Waals surface area contributed by atoms with Crippen LogP contribution in [0.5, 0.6) is 0 Å². The van der Waals surface area contributed by atoms with Crippen LogP contribution in [0.1, 0.15) is 52.9 Å². The summed E-state index contributed by atoms with van der Waals surface area (Å²) in [4.78, 5) is 0. The first kappa shape index (κ1) is 11.6. The average molecular weight is 247 g/mol. The highest BCUT2D eigenvalue weighted by molar-refractivity contribution is 9.09. The molecule has 0 aromatic heterocycles. The Morgan fingerprint density at radius 1 is 1.15 bits per heavy atom. The minimum absolute atomic E-state index is 0.478. The summed E-state index contributed by atoms with van der Waals surface area (Å²) in [5.74, 6) is 1.85. The van der Waals surface area contributed by atoms with E-state index < -0.39 is 0 Å². The van der Waals surface area contributed by atoms with Gasteiger partial charge in [0.05, 0.1) is 0 Å². The molecule has 0 aromatic rings. The lowest BCUT2D eigenvalue weighted by molar-refractivity contribution is 0.147. The van der Waals surface area contributed by atoms with Crippen LogP contribution >= 0.6 is 15.9 Å². The Labute approximate surface area is 91.6 Å². The molecule has 0 aliphatic heterocycles. The first-order valence-corrected chi connectivity index (χ1v) is 6.74. The second kappa shape index (κ2) is 4.82. The van der Waals surface area contributed by atoms with Gasteiger partial charge in [-0.3, -0.25) is 0 Å². The zero-order valence-electron chi connectivity index (χ0n) is 9.28. The third kappa shape index (κ3) is 3.27. The maximum Gasteiger partial charge on any atom is 0.00673 e. The van der Waals surface area contributed by atoms with Gasteiger partial charge in [-0.1, -0.05) is 68.8 Å². The quantitative estimate of drug-likeness (QED) is 0.624. The third-order valence-corrected chi connectivity index (χ3v) is 4.20. The van der Waals surface area contributed by atoms with Crippen LogP contribution in [0.4, 0.5) is 0 Å². The van der Waals surface area contributed by atoms with Gasteiger partial charge in [0.15, 0.2) is 0 Å². The minimum atomic E-state index is 0.478. The molecule has 1 aliphatic rings. The van der Waals surface area contributed by atoms with E-state index in [9.17, 15) is 0 Å². The Morgan fingerprint density at radius 3 is 2.08 bits per heavy atom. The van der Waals surface area contributed by atoms with Crippen molar-refractivity contribution in [2.75, 3.05) is 5.33 Å². The average Bonchev–Trinajstić information content (AvgIpc) is 2.05. The predicted molar refractivity (Wildman–Crippen MR) is 63.3 cm³/mol. The van der Waals surface area contributed by atoms with Crippen molar-refractivity contribution in [3.05, 3.63) is 0 Å². The van der Waals surface area contributed by atoms with Gasteiger partial charge in [0, 0.05) is 5.33 Å². The Kier molecular flexibility index (Phi) is 4.28. The van der Waals surface area contributed by atoms with Gasteiger partial charge in [0.2, 0.25) is 0 Å². The summed E-state index contributed by atoms with van der Waals surface area (Å²) in [6.07, 6.45) is 7.32. The fourth-order valence-electron chi connectivity index (χ4n) is 2.60. The van der Waals surface area contributed by atoms with Crippen molar-refractivity contribution in [1.29, 1.82) is 0 Å². The van der Waals surface area contributed by atoms with Gasteiger partial charge >= 0.3 is 0 Å². The zero-order valence-corrected chi connectivity index (χ0v) is 10.9. The molecule has 0 nitrogen and oxygen atoms in total. The van der Waals surface area contributed by atoms with Gasteiger partial charge in [0.1, 0.15) is 0 Å². The fraction of sp³-hybridized carbons (Fsp3) is 1.00. The highest BCUT2D eigenvalue weighted by Crippen LogP contribution is 2.40. The molecule has 0 radical (unpaired) electrons. The lowest BCUT2D eigenvalue weighted by Gasteiger charge is -2.38. The van der Waals surface area contributed by atoms with E-state index in [1.165, 1.54) is 37.4 Å². The zero-order chi connectivity index (χ0) is 9.90. The van der Waals surface area contributed by atoms with Gasteiger partial charge in [-0.25, -0.2) is 0 Å². The van der Waals surface area contributed by atoms with Gasteiger partial charge in [0.25, 0.3) is 0 Å². The maximum atomic E-state index is 3.69.